The van der Waals surface area contributed by atoms with Crippen LogP contribution in [0.4, 0.5) is 0 Å². The van der Waals surface area contributed by atoms with Crippen molar-refractivity contribution in [3.63, 3.8) is 0 Å². The van der Waals surface area contributed by atoms with Crippen molar-refractivity contribution in [2.75, 3.05) is 18.1 Å². The fourth-order valence-electron chi connectivity index (χ4n) is 2.53. The lowest BCUT2D eigenvalue weighted by Gasteiger charge is -2.25. The van der Waals surface area contributed by atoms with Crippen molar-refractivity contribution in [1.82, 2.24) is 5.43 Å². The van der Waals surface area contributed by atoms with Gasteiger partial charge in [0.05, 0.1) is 6.21 Å². The van der Waals surface area contributed by atoms with E-state index in [-0.39, 0.29) is 12.5 Å². The van der Waals surface area contributed by atoms with Gasteiger partial charge in [-0.3, -0.25) is 4.79 Å². The van der Waals surface area contributed by atoms with Gasteiger partial charge in [0.1, 0.15) is 18.5 Å². The second-order valence-electron chi connectivity index (χ2n) is 5.95. The normalized spacial score (nSPS) is 19.0. The van der Waals surface area contributed by atoms with Crippen molar-refractivity contribution in [3.8, 4) is 17.2 Å². The number of hydrogen-bond acceptors (Lipinski definition) is 6. The summed E-state index contributed by atoms with van der Waals surface area (Å²) in [5.74, 6) is 3.71. The van der Waals surface area contributed by atoms with E-state index in [9.17, 15) is 4.79 Å². The molecule has 2 heterocycles. The Kier molecular flexibility index (Phi) is 4.97. The molecule has 2 aliphatic heterocycles. The van der Waals surface area contributed by atoms with Gasteiger partial charge in [-0.15, -0.1) is 0 Å². The molecule has 2 aromatic rings. The molecule has 26 heavy (non-hydrogen) atoms. The van der Waals surface area contributed by atoms with Crippen LogP contribution in [0.3, 0.4) is 0 Å². The molecule has 0 radical (unpaired) electrons. The van der Waals surface area contributed by atoms with E-state index in [1.54, 1.807) is 18.3 Å². The monoisotopic (exact) mass is 370 g/mol. The van der Waals surface area contributed by atoms with Crippen LogP contribution in [0, 0.1) is 0 Å². The minimum atomic E-state index is -0.729. The van der Waals surface area contributed by atoms with E-state index >= 15 is 0 Å². The number of hydrazone groups is 1. The fraction of sp³-hybridized carbons (Fsp3) is 0.263. The van der Waals surface area contributed by atoms with Crippen molar-refractivity contribution in [2.45, 2.75) is 12.2 Å². The number of amides is 1. The molecule has 6 nitrogen and oxygen atoms in total. The van der Waals surface area contributed by atoms with Crippen LogP contribution in [-0.2, 0) is 4.79 Å². The number of benzene rings is 2. The van der Waals surface area contributed by atoms with Gasteiger partial charge in [0.15, 0.2) is 11.5 Å². The van der Waals surface area contributed by atoms with Crippen LogP contribution in [0.15, 0.2) is 53.6 Å². The number of nitrogens with zero attached hydrogens (tertiary/aromatic N) is 1. The first kappa shape index (κ1) is 16.8. The number of thioether (sulfide) groups is 1. The molecule has 1 amide bonds. The van der Waals surface area contributed by atoms with Crippen molar-refractivity contribution in [3.05, 3.63) is 54.1 Å². The lowest BCUT2D eigenvalue weighted by molar-refractivity contribution is -0.130. The highest BCUT2D eigenvalue weighted by Gasteiger charge is 2.27. The quantitative estimate of drug-likeness (QED) is 0.647. The molecule has 1 atom stereocenters. The SMILES string of the molecule is O=C(NN=Cc1cccc(OC2CSC2)c1)C1COc2ccccc2O1. The molecular weight excluding hydrogens is 352 g/mol. The Morgan fingerprint density at radius 3 is 2.85 bits per heavy atom. The van der Waals surface area contributed by atoms with Gasteiger partial charge in [0.25, 0.3) is 5.91 Å². The number of nitrogens with one attached hydrogen (secondary N) is 1. The number of hydrogen-bond donors (Lipinski definition) is 1. The standard InChI is InChI=1S/C19H18N2O4S/c22-19(18-10-23-16-6-1-2-7-17(16)25-18)21-20-9-13-4-3-5-14(8-13)24-15-11-26-12-15/h1-9,15,18H,10-12H2,(H,21,22). The zero-order valence-corrected chi connectivity index (χ0v) is 14.8. The summed E-state index contributed by atoms with van der Waals surface area (Å²) in [7, 11) is 0. The number of rotatable bonds is 5. The first-order chi connectivity index (χ1) is 12.8. The van der Waals surface area contributed by atoms with E-state index in [0.717, 1.165) is 22.8 Å². The van der Waals surface area contributed by atoms with Gasteiger partial charge in [-0.05, 0) is 29.8 Å². The smallest absolute Gasteiger partial charge is 0.284 e. The van der Waals surface area contributed by atoms with Crippen LogP contribution in [-0.4, -0.2) is 42.4 Å². The Morgan fingerprint density at radius 2 is 2.04 bits per heavy atom. The first-order valence-electron chi connectivity index (χ1n) is 8.34. The van der Waals surface area contributed by atoms with Gasteiger partial charge in [0, 0.05) is 11.5 Å². The number of fused-ring (bicyclic) bond motifs is 1. The van der Waals surface area contributed by atoms with E-state index < -0.39 is 6.10 Å². The highest BCUT2D eigenvalue weighted by atomic mass is 32.2. The van der Waals surface area contributed by atoms with Crippen LogP contribution in [0.25, 0.3) is 0 Å². The molecule has 1 fully saturated rings. The third kappa shape index (κ3) is 3.94. The van der Waals surface area contributed by atoms with E-state index in [0.29, 0.717) is 17.6 Å². The summed E-state index contributed by atoms with van der Waals surface area (Å²) in [6.07, 6.45) is 1.14. The number of carbonyl (C=O) groups excluding carboxylic acids is 1. The lowest BCUT2D eigenvalue weighted by Crippen LogP contribution is -2.42. The summed E-state index contributed by atoms with van der Waals surface area (Å²) < 4.78 is 17.0. The topological polar surface area (TPSA) is 69.2 Å². The third-order valence-corrected chi connectivity index (χ3v) is 5.17. The maximum absolute atomic E-state index is 12.2. The Balaban J connectivity index is 1.32. The molecule has 4 rings (SSSR count). The van der Waals surface area contributed by atoms with Crippen molar-refractivity contribution >= 4 is 23.9 Å². The largest absolute Gasteiger partial charge is 0.489 e. The molecule has 2 aromatic carbocycles. The van der Waals surface area contributed by atoms with Gasteiger partial charge in [0.2, 0.25) is 6.10 Å². The summed E-state index contributed by atoms with van der Waals surface area (Å²) in [6, 6.07) is 14.9. The van der Waals surface area contributed by atoms with Gasteiger partial charge < -0.3 is 14.2 Å². The predicted molar refractivity (Wildman–Crippen MR) is 100 cm³/mol. The summed E-state index contributed by atoms with van der Waals surface area (Å²) >= 11 is 1.87. The summed E-state index contributed by atoms with van der Waals surface area (Å²) in [4.78, 5) is 12.2. The van der Waals surface area contributed by atoms with Crippen LogP contribution in [0.5, 0.6) is 17.2 Å². The molecule has 0 spiro atoms. The molecular formula is C19H18N2O4S. The van der Waals surface area contributed by atoms with Crippen LogP contribution in [0.1, 0.15) is 5.56 Å². The molecule has 0 saturated carbocycles. The molecule has 0 bridgehead atoms. The highest BCUT2D eigenvalue weighted by molar-refractivity contribution is 8.00. The fourth-order valence-corrected chi connectivity index (χ4v) is 3.10. The second kappa shape index (κ2) is 7.70. The molecule has 0 aromatic heterocycles. The average Bonchev–Trinajstić information content (AvgIpc) is 2.64. The van der Waals surface area contributed by atoms with E-state index in [2.05, 4.69) is 10.5 Å². The Labute approximate surface area is 155 Å². The highest BCUT2D eigenvalue weighted by Crippen LogP contribution is 2.30. The minimum absolute atomic E-state index is 0.154. The van der Waals surface area contributed by atoms with Crippen LogP contribution >= 0.6 is 11.8 Å². The number of ether oxygens (including phenoxy) is 3. The Hall–Kier alpha value is -2.67. The number of carbonyl (C=O) groups is 1. The van der Waals surface area contributed by atoms with Gasteiger partial charge >= 0.3 is 0 Å². The van der Waals surface area contributed by atoms with Gasteiger partial charge in [-0.25, -0.2) is 5.43 Å². The zero-order valence-electron chi connectivity index (χ0n) is 14.0. The molecule has 7 heteroatoms. The molecule has 1 saturated heterocycles. The molecule has 0 aliphatic carbocycles. The van der Waals surface area contributed by atoms with Crippen molar-refractivity contribution in [1.29, 1.82) is 0 Å². The molecule has 134 valence electrons. The average molecular weight is 370 g/mol. The molecule has 1 unspecified atom stereocenters. The zero-order chi connectivity index (χ0) is 17.8. The van der Waals surface area contributed by atoms with Crippen molar-refractivity contribution < 1.29 is 19.0 Å². The summed E-state index contributed by atoms with van der Waals surface area (Å²) in [5, 5.41) is 4.01. The number of para-hydroxylation sites is 2. The third-order valence-electron chi connectivity index (χ3n) is 3.96. The maximum atomic E-state index is 12.2. The van der Waals surface area contributed by atoms with Gasteiger partial charge in [-0.1, -0.05) is 24.3 Å². The van der Waals surface area contributed by atoms with Crippen LogP contribution in [0.2, 0.25) is 0 Å². The van der Waals surface area contributed by atoms with Crippen molar-refractivity contribution in [2.24, 2.45) is 5.10 Å². The van der Waals surface area contributed by atoms with Crippen LogP contribution < -0.4 is 19.6 Å². The Bertz CT molecular complexity index is 823. The summed E-state index contributed by atoms with van der Waals surface area (Å²) in [5.41, 5.74) is 3.34. The minimum Gasteiger partial charge on any atom is -0.489 e. The van der Waals surface area contributed by atoms with E-state index in [4.69, 9.17) is 14.2 Å². The predicted octanol–water partition coefficient (Wildman–Crippen LogP) is 2.47. The maximum Gasteiger partial charge on any atom is 0.284 e. The summed E-state index contributed by atoms with van der Waals surface area (Å²) in [6.45, 7) is 0.154. The molecule has 1 N–H and O–H groups in total. The van der Waals surface area contributed by atoms with E-state index in [1.165, 1.54) is 0 Å². The molecule has 2 aliphatic rings. The van der Waals surface area contributed by atoms with Gasteiger partial charge in [-0.2, -0.15) is 16.9 Å². The Morgan fingerprint density at radius 1 is 1.19 bits per heavy atom. The second-order valence-corrected chi connectivity index (χ2v) is 7.02. The first-order valence-corrected chi connectivity index (χ1v) is 9.49. The van der Waals surface area contributed by atoms with E-state index in [1.807, 2.05) is 48.2 Å². The lowest BCUT2D eigenvalue weighted by atomic mass is 10.2.